The molecule has 0 saturated heterocycles. The summed E-state index contributed by atoms with van der Waals surface area (Å²) in [5.41, 5.74) is 3.41. The second-order valence-corrected chi connectivity index (χ2v) is 13.5. The first-order chi connectivity index (χ1) is 23.2. The molecule has 0 aromatic heterocycles. The zero-order chi connectivity index (χ0) is 34.8. The molecule has 2 unspecified atom stereocenters. The molecule has 0 heterocycles. The lowest BCUT2D eigenvalue weighted by Gasteiger charge is -2.21. The summed E-state index contributed by atoms with van der Waals surface area (Å²) in [5, 5.41) is 7.90. The molecule has 0 saturated carbocycles. The molecule has 6 rings (SSSR count). The van der Waals surface area contributed by atoms with Gasteiger partial charge >= 0.3 is 0 Å². The largest absolute Gasteiger partial charge is 0.384 e. The highest BCUT2D eigenvalue weighted by Gasteiger charge is 2.34. The van der Waals surface area contributed by atoms with Gasteiger partial charge in [0.2, 0.25) is 12.8 Å². The number of Topliss-reactive ketones (excluding diaryl/α,β-unsaturated/α-hetero) is 4. The van der Waals surface area contributed by atoms with Crippen LogP contribution in [0.25, 0.3) is 21.5 Å². The summed E-state index contributed by atoms with van der Waals surface area (Å²) in [6.45, 7) is 4.93. The van der Waals surface area contributed by atoms with Crippen LogP contribution in [-0.2, 0) is 19.1 Å². The molecule has 2 N–H and O–H groups in total. The number of ether oxygens (including phenoxy) is 2. The summed E-state index contributed by atoms with van der Waals surface area (Å²) in [5.74, 6) is 0.205. The zero-order valence-corrected chi connectivity index (χ0v) is 28.6. The highest BCUT2D eigenvalue weighted by molar-refractivity contribution is 8.76. The van der Waals surface area contributed by atoms with E-state index in [1.54, 1.807) is 88.7 Å². The van der Waals surface area contributed by atoms with Crippen LogP contribution in [0, 0.1) is 11.8 Å². The first kappa shape index (κ1) is 36.5. The molecule has 2 aliphatic carbocycles. The fourth-order valence-electron chi connectivity index (χ4n) is 5.54. The van der Waals surface area contributed by atoms with Crippen LogP contribution in [0.3, 0.4) is 0 Å². The van der Waals surface area contributed by atoms with Crippen molar-refractivity contribution >= 4 is 90.5 Å². The molecule has 0 fully saturated rings. The van der Waals surface area contributed by atoms with Gasteiger partial charge in [0.1, 0.15) is 0 Å². The molecule has 250 valence electrons. The van der Waals surface area contributed by atoms with Crippen molar-refractivity contribution in [3.63, 3.8) is 0 Å². The first-order valence-corrected chi connectivity index (χ1v) is 17.6. The van der Waals surface area contributed by atoms with E-state index in [0.29, 0.717) is 57.2 Å². The van der Waals surface area contributed by atoms with Crippen LogP contribution >= 0.6 is 21.6 Å². The van der Waals surface area contributed by atoms with E-state index in [0.717, 1.165) is 35.5 Å². The van der Waals surface area contributed by atoms with Gasteiger partial charge in [-0.3, -0.25) is 28.8 Å². The lowest BCUT2D eigenvalue weighted by Crippen LogP contribution is -2.26. The van der Waals surface area contributed by atoms with Gasteiger partial charge in [-0.15, -0.1) is 0 Å². The van der Waals surface area contributed by atoms with Crippen LogP contribution in [0.5, 0.6) is 0 Å². The van der Waals surface area contributed by atoms with Crippen LogP contribution in [0.1, 0.15) is 55.3 Å². The van der Waals surface area contributed by atoms with Crippen molar-refractivity contribution in [1.29, 1.82) is 0 Å². The van der Waals surface area contributed by atoms with E-state index in [4.69, 9.17) is 9.47 Å². The number of carbonyl (C=O) groups excluding carboxylic acids is 6. The molecule has 10 nitrogen and oxygen atoms in total. The van der Waals surface area contributed by atoms with Crippen molar-refractivity contribution in [3.8, 4) is 0 Å². The van der Waals surface area contributed by atoms with E-state index in [9.17, 15) is 28.8 Å². The maximum absolute atomic E-state index is 12.2. The van der Waals surface area contributed by atoms with Gasteiger partial charge in [-0.2, -0.15) is 0 Å². The number of rotatable bonds is 11. The molecular formula is C36H36N2O8S2. The number of methoxy groups -OCH3 is 2. The third-order valence-electron chi connectivity index (χ3n) is 7.97. The average molecular weight is 689 g/mol. The minimum atomic E-state index is -0.636. The van der Waals surface area contributed by atoms with Crippen molar-refractivity contribution in [2.45, 2.75) is 13.8 Å². The highest BCUT2D eigenvalue weighted by Crippen LogP contribution is 2.37. The molecule has 4 aromatic carbocycles. The smallest absolute Gasteiger partial charge is 0.211 e. The molecule has 0 aliphatic heterocycles. The van der Waals surface area contributed by atoms with Crippen LogP contribution in [-0.4, -0.2) is 74.9 Å². The van der Waals surface area contributed by atoms with Gasteiger partial charge in [-0.05, 0) is 38.1 Å². The third kappa shape index (κ3) is 7.68. The number of anilines is 2. The Morgan fingerprint density at radius 1 is 0.583 bits per heavy atom. The third-order valence-corrected chi connectivity index (χ3v) is 10.3. The molecule has 0 bridgehead atoms. The van der Waals surface area contributed by atoms with Crippen LogP contribution in [0.15, 0.2) is 60.7 Å². The molecule has 4 aromatic rings. The van der Waals surface area contributed by atoms with Gasteiger partial charge in [-0.25, -0.2) is 0 Å². The van der Waals surface area contributed by atoms with E-state index in [2.05, 4.69) is 10.6 Å². The van der Waals surface area contributed by atoms with Crippen LogP contribution in [0.4, 0.5) is 11.4 Å². The molecule has 12 heteroatoms. The van der Waals surface area contributed by atoms with Gasteiger partial charge < -0.3 is 20.1 Å². The second kappa shape index (κ2) is 17.2. The van der Waals surface area contributed by atoms with Crippen molar-refractivity contribution in [2.24, 2.45) is 11.8 Å². The Bertz CT molecular complexity index is 1700. The van der Waals surface area contributed by atoms with Crippen LogP contribution in [0.2, 0.25) is 0 Å². The number of amides is 2. The highest BCUT2D eigenvalue weighted by atomic mass is 33.1. The van der Waals surface area contributed by atoms with E-state index in [1.807, 2.05) is 21.6 Å². The second-order valence-electron chi connectivity index (χ2n) is 10.8. The summed E-state index contributed by atoms with van der Waals surface area (Å²) in [4.78, 5) is 69.9. The fourth-order valence-corrected chi connectivity index (χ4v) is 7.36. The summed E-state index contributed by atoms with van der Waals surface area (Å²) in [6.07, 6.45) is 1.16. The predicted molar refractivity (Wildman–Crippen MR) is 192 cm³/mol. The van der Waals surface area contributed by atoms with Crippen molar-refractivity contribution < 1.29 is 38.2 Å². The number of benzene rings is 4. The fraction of sp³-hybridized carbons (Fsp3) is 0.278. The summed E-state index contributed by atoms with van der Waals surface area (Å²) < 4.78 is 9.77. The SMILES string of the molecule is CC1C(=O)c2cccc3c(NC=O)ccc(c23)C1=O.CC1C(=O)c2cccc3c(NC=O)ccc(c23)C1=O.COCCSSCCOC. The van der Waals surface area contributed by atoms with Gasteiger partial charge in [-0.1, -0.05) is 58.0 Å². The zero-order valence-electron chi connectivity index (χ0n) is 27.0. The average Bonchev–Trinajstić information content (AvgIpc) is 3.11. The van der Waals surface area contributed by atoms with Crippen molar-refractivity contribution in [3.05, 3.63) is 82.9 Å². The molecule has 2 aliphatic rings. The Balaban J connectivity index is 0.000000172. The predicted octanol–water partition coefficient (Wildman–Crippen LogP) is 6.51. The molecule has 2 amide bonds. The number of carbonyl (C=O) groups is 6. The molecule has 2 atom stereocenters. The first-order valence-electron chi connectivity index (χ1n) is 15.1. The van der Waals surface area contributed by atoms with Crippen molar-refractivity contribution in [1.82, 2.24) is 0 Å². The Morgan fingerprint density at radius 2 is 0.938 bits per heavy atom. The summed E-state index contributed by atoms with van der Waals surface area (Å²) >= 11 is 0. The van der Waals surface area contributed by atoms with Crippen molar-refractivity contribution in [2.75, 3.05) is 49.6 Å². The standard InChI is InChI=1S/2C15H11NO3.C6H14O2S2/c2*1-8-14(18)10-4-2-3-9-12(16-7-17)6-5-11(13(9)10)15(8)19;1-7-3-5-9-10-6-4-8-2/h2*2-8H,1H3,(H,16,17);3-6H2,1-2H3. The number of hydrogen-bond donors (Lipinski definition) is 2. The van der Waals surface area contributed by atoms with E-state index < -0.39 is 11.8 Å². The van der Waals surface area contributed by atoms with Gasteiger partial charge in [0.25, 0.3) is 0 Å². The molecular weight excluding hydrogens is 653 g/mol. The topological polar surface area (TPSA) is 145 Å². The minimum Gasteiger partial charge on any atom is -0.384 e. The lowest BCUT2D eigenvalue weighted by molar-refractivity contribution is -0.106. The molecule has 0 radical (unpaired) electrons. The quantitative estimate of drug-likeness (QED) is 0.0775. The Morgan fingerprint density at radius 3 is 1.27 bits per heavy atom. The monoisotopic (exact) mass is 688 g/mol. The molecule has 0 spiro atoms. The molecule has 48 heavy (non-hydrogen) atoms. The summed E-state index contributed by atoms with van der Waals surface area (Å²) in [7, 11) is 7.10. The number of hydrogen-bond acceptors (Lipinski definition) is 10. The maximum Gasteiger partial charge on any atom is 0.211 e. The van der Waals surface area contributed by atoms with E-state index in [-0.39, 0.29) is 23.1 Å². The van der Waals surface area contributed by atoms with E-state index >= 15 is 0 Å². The Hall–Kier alpha value is -4.36. The number of nitrogens with one attached hydrogen (secondary N) is 2. The van der Waals surface area contributed by atoms with Gasteiger partial charge in [0.15, 0.2) is 23.1 Å². The van der Waals surface area contributed by atoms with Gasteiger partial charge in [0, 0.05) is 80.9 Å². The maximum atomic E-state index is 12.2. The Labute approximate surface area is 286 Å². The summed E-state index contributed by atoms with van der Waals surface area (Å²) in [6, 6.07) is 17.3. The van der Waals surface area contributed by atoms with Crippen LogP contribution < -0.4 is 10.6 Å². The van der Waals surface area contributed by atoms with Gasteiger partial charge in [0.05, 0.1) is 25.0 Å². The number of ketones is 4. The minimum absolute atomic E-state index is 0.161. The Kier molecular flexibility index (Phi) is 13.0. The normalized spacial score (nSPS) is 16.1. The van der Waals surface area contributed by atoms with E-state index in [1.165, 1.54) is 0 Å². The lowest BCUT2D eigenvalue weighted by atomic mass is 9.80.